The number of alkyl halides is 6. The molecule has 0 aromatic rings. The van der Waals surface area contributed by atoms with Gasteiger partial charge in [-0.15, -0.1) is 0 Å². The lowest BCUT2D eigenvalue weighted by Gasteiger charge is -2.32. The molecule has 0 bridgehead atoms. The van der Waals surface area contributed by atoms with E-state index in [-0.39, 0.29) is 0 Å². The highest BCUT2D eigenvalue weighted by atomic mass is 32.2. The van der Waals surface area contributed by atoms with E-state index in [1.807, 2.05) is 0 Å². The van der Waals surface area contributed by atoms with Crippen molar-refractivity contribution < 1.29 is 43.2 Å². The van der Waals surface area contributed by atoms with Gasteiger partial charge in [-0.05, 0) is 13.8 Å². The Hall–Kier alpha value is -0.560. The molecule has 0 rings (SSSR count). The van der Waals surface area contributed by atoms with Gasteiger partial charge in [-0.25, -0.2) is 21.6 Å². The third-order valence-corrected chi connectivity index (χ3v) is 6.19. The van der Waals surface area contributed by atoms with Crippen LogP contribution in [0.1, 0.15) is 20.8 Å². The number of hydrogen-bond donors (Lipinski definition) is 1. The summed E-state index contributed by atoms with van der Waals surface area (Å²) in [5, 5.41) is -14.7. The maximum Gasteiger partial charge on any atom is 0.428 e. The standard InChI is InChI=1S/C8H13F6NO4S2/c1-4-15-21(18,19)8(13,14)6(9,10)7(11,12)20(16,17)5(2)3/h5,15H,4H2,1-3H3. The summed E-state index contributed by atoms with van der Waals surface area (Å²) in [4.78, 5) is 0. The average Bonchev–Trinajstić information content (AvgIpc) is 2.27. The van der Waals surface area contributed by atoms with Gasteiger partial charge in [-0.2, -0.15) is 26.3 Å². The van der Waals surface area contributed by atoms with Gasteiger partial charge in [0.15, 0.2) is 0 Å². The second-order valence-electron chi connectivity index (χ2n) is 4.20. The summed E-state index contributed by atoms with van der Waals surface area (Å²) >= 11 is 0. The van der Waals surface area contributed by atoms with Crippen molar-refractivity contribution in [1.82, 2.24) is 4.72 Å². The van der Waals surface area contributed by atoms with E-state index in [1.165, 1.54) is 0 Å². The quantitative estimate of drug-likeness (QED) is 0.695. The van der Waals surface area contributed by atoms with Crippen molar-refractivity contribution in [2.75, 3.05) is 6.54 Å². The van der Waals surface area contributed by atoms with Crippen LogP contribution >= 0.6 is 0 Å². The zero-order valence-electron chi connectivity index (χ0n) is 11.0. The van der Waals surface area contributed by atoms with E-state index < -0.39 is 48.1 Å². The molecule has 0 aliphatic rings. The van der Waals surface area contributed by atoms with Gasteiger partial charge in [0.25, 0.3) is 10.0 Å². The van der Waals surface area contributed by atoms with Crippen molar-refractivity contribution in [2.24, 2.45) is 0 Å². The molecule has 5 nitrogen and oxygen atoms in total. The molecule has 0 aliphatic heterocycles. The van der Waals surface area contributed by atoms with Gasteiger partial charge < -0.3 is 0 Å². The third kappa shape index (κ3) is 2.86. The van der Waals surface area contributed by atoms with Crippen molar-refractivity contribution >= 4 is 19.9 Å². The Bertz CT molecular complexity index is 584. The molecular formula is C8H13F6NO4S2. The smallest absolute Gasteiger partial charge is 0.222 e. The van der Waals surface area contributed by atoms with Gasteiger partial charge >= 0.3 is 16.4 Å². The number of nitrogens with one attached hydrogen (secondary N) is 1. The van der Waals surface area contributed by atoms with Crippen LogP contribution in [0.3, 0.4) is 0 Å². The van der Waals surface area contributed by atoms with Crippen LogP contribution in [-0.4, -0.2) is 45.1 Å². The molecule has 0 amide bonds. The van der Waals surface area contributed by atoms with Gasteiger partial charge in [0.05, 0.1) is 5.25 Å². The summed E-state index contributed by atoms with van der Waals surface area (Å²) in [6, 6.07) is 0. The number of halogens is 6. The summed E-state index contributed by atoms with van der Waals surface area (Å²) in [7, 11) is -12.3. The van der Waals surface area contributed by atoms with Crippen LogP contribution in [0, 0.1) is 0 Å². The fourth-order valence-corrected chi connectivity index (χ4v) is 3.26. The Morgan fingerprint density at radius 3 is 1.57 bits per heavy atom. The molecule has 0 radical (unpaired) electrons. The first-order valence-corrected chi connectivity index (χ1v) is 8.39. The Labute approximate surface area is 117 Å². The number of sulfone groups is 1. The van der Waals surface area contributed by atoms with Crippen LogP contribution in [-0.2, 0) is 19.9 Å². The van der Waals surface area contributed by atoms with Crippen LogP contribution in [0.25, 0.3) is 0 Å². The van der Waals surface area contributed by atoms with Crippen LogP contribution in [0.5, 0.6) is 0 Å². The second-order valence-corrected chi connectivity index (χ2v) is 8.56. The highest BCUT2D eigenvalue weighted by Gasteiger charge is 2.81. The van der Waals surface area contributed by atoms with E-state index in [4.69, 9.17) is 0 Å². The molecule has 0 aromatic heterocycles. The summed E-state index contributed by atoms with van der Waals surface area (Å²) in [6.07, 6.45) is 0. The molecule has 128 valence electrons. The van der Waals surface area contributed by atoms with Gasteiger partial charge in [0.2, 0.25) is 9.84 Å². The first-order valence-electron chi connectivity index (χ1n) is 5.36. The molecule has 13 heteroatoms. The monoisotopic (exact) mass is 365 g/mol. The van der Waals surface area contributed by atoms with Crippen molar-refractivity contribution in [3.8, 4) is 0 Å². The van der Waals surface area contributed by atoms with Gasteiger partial charge in [0.1, 0.15) is 0 Å². The Kier molecular flexibility index (Phi) is 5.42. The molecule has 0 atom stereocenters. The van der Waals surface area contributed by atoms with Gasteiger partial charge in [0, 0.05) is 6.54 Å². The second kappa shape index (κ2) is 5.57. The zero-order valence-corrected chi connectivity index (χ0v) is 12.6. The maximum atomic E-state index is 13.4. The SMILES string of the molecule is CCNS(=O)(=O)C(F)(F)C(F)(F)C(F)(F)S(=O)(=O)C(C)C. The van der Waals surface area contributed by atoms with Gasteiger partial charge in [-0.1, -0.05) is 6.92 Å². The fourth-order valence-electron chi connectivity index (χ4n) is 1.09. The molecular weight excluding hydrogens is 352 g/mol. The normalized spacial score (nSPS) is 15.5. The van der Waals surface area contributed by atoms with Crippen molar-refractivity contribution in [3.63, 3.8) is 0 Å². The molecule has 0 fully saturated rings. The summed E-state index contributed by atoms with van der Waals surface area (Å²) < 4.78 is 125. The molecule has 0 unspecified atom stereocenters. The number of rotatable bonds is 7. The fraction of sp³-hybridized carbons (Fsp3) is 1.00. The highest BCUT2D eigenvalue weighted by Crippen LogP contribution is 2.51. The van der Waals surface area contributed by atoms with Crippen LogP contribution in [0.4, 0.5) is 26.3 Å². The first-order chi connectivity index (χ1) is 9.00. The largest absolute Gasteiger partial charge is 0.428 e. The first kappa shape index (κ1) is 20.4. The van der Waals surface area contributed by atoms with Crippen molar-refractivity contribution in [2.45, 2.75) is 42.5 Å². The molecule has 0 saturated heterocycles. The van der Waals surface area contributed by atoms with E-state index in [2.05, 4.69) is 0 Å². The predicted molar refractivity (Wildman–Crippen MR) is 61.5 cm³/mol. The molecule has 0 aromatic carbocycles. The summed E-state index contributed by atoms with van der Waals surface area (Å²) in [5.41, 5.74) is 0. The summed E-state index contributed by atoms with van der Waals surface area (Å²) in [5.74, 6) is -6.66. The molecule has 0 aliphatic carbocycles. The highest BCUT2D eigenvalue weighted by molar-refractivity contribution is 7.93. The lowest BCUT2D eigenvalue weighted by molar-refractivity contribution is -0.244. The maximum absolute atomic E-state index is 13.4. The minimum absolute atomic E-state index is 0.566. The average molecular weight is 365 g/mol. The summed E-state index contributed by atoms with van der Waals surface area (Å²) in [6.45, 7) is 1.29. The van der Waals surface area contributed by atoms with Crippen LogP contribution in [0.2, 0.25) is 0 Å². The molecule has 0 saturated carbocycles. The predicted octanol–water partition coefficient (Wildman–Crippen LogP) is 1.57. The van der Waals surface area contributed by atoms with E-state index in [9.17, 15) is 43.2 Å². The third-order valence-electron chi connectivity index (χ3n) is 2.38. The van der Waals surface area contributed by atoms with E-state index >= 15 is 0 Å². The van der Waals surface area contributed by atoms with E-state index in [0.29, 0.717) is 13.8 Å². The Balaban J connectivity index is 6.22. The van der Waals surface area contributed by atoms with Crippen molar-refractivity contribution in [3.05, 3.63) is 0 Å². The van der Waals surface area contributed by atoms with Crippen molar-refractivity contribution in [1.29, 1.82) is 0 Å². The number of sulfonamides is 1. The minimum Gasteiger partial charge on any atom is -0.222 e. The Morgan fingerprint density at radius 2 is 1.29 bits per heavy atom. The number of hydrogen-bond acceptors (Lipinski definition) is 4. The van der Waals surface area contributed by atoms with Crippen LogP contribution in [0.15, 0.2) is 0 Å². The zero-order chi connectivity index (χ0) is 17.5. The lowest BCUT2D eigenvalue weighted by Crippen LogP contribution is -2.63. The van der Waals surface area contributed by atoms with E-state index in [0.717, 1.165) is 11.6 Å². The van der Waals surface area contributed by atoms with E-state index in [1.54, 1.807) is 0 Å². The molecule has 1 N–H and O–H groups in total. The topological polar surface area (TPSA) is 80.3 Å². The Morgan fingerprint density at radius 1 is 0.905 bits per heavy atom. The molecule has 21 heavy (non-hydrogen) atoms. The minimum atomic E-state index is -6.66. The molecule has 0 heterocycles. The lowest BCUT2D eigenvalue weighted by atomic mass is 10.3. The molecule has 0 spiro atoms. The van der Waals surface area contributed by atoms with Gasteiger partial charge in [-0.3, -0.25) is 0 Å². The van der Waals surface area contributed by atoms with Crippen LogP contribution < -0.4 is 4.72 Å².